The lowest BCUT2D eigenvalue weighted by molar-refractivity contribution is 0.306. The molecule has 0 saturated carbocycles. The lowest BCUT2D eigenvalue weighted by atomic mass is 10.1. The smallest absolute Gasteiger partial charge is 0.119 e. The molecule has 0 aliphatic carbocycles. The lowest BCUT2D eigenvalue weighted by Gasteiger charge is -2.20. The standard InChI is InChI=1S/C18H23NO/c1-18(2,3)19-13-15-9-11-17(12-10-15)20-14-16-7-5-4-6-8-16/h4-12,19H,13-14H2,1-3H3. The molecule has 0 heterocycles. The van der Waals surface area contributed by atoms with Crippen LogP contribution in [0.15, 0.2) is 54.6 Å². The summed E-state index contributed by atoms with van der Waals surface area (Å²) in [6.45, 7) is 8.00. The second kappa shape index (κ2) is 6.58. The molecule has 2 aromatic carbocycles. The molecule has 0 bridgehead atoms. The molecule has 0 aliphatic rings. The number of ether oxygens (including phenoxy) is 1. The Balaban J connectivity index is 1.85. The molecule has 106 valence electrons. The van der Waals surface area contributed by atoms with Crippen LogP contribution >= 0.6 is 0 Å². The van der Waals surface area contributed by atoms with Crippen molar-refractivity contribution in [2.45, 2.75) is 39.5 Å². The predicted octanol–water partition coefficient (Wildman–Crippen LogP) is 4.15. The summed E-state index contributed by atoms with van der Waals surface area (Å²) in [4.78, 5) is 0. The zero-order valence-corrected chi connectivity index (χ0v) is 12.5. The van der Waals surface area contributed by atoms with Crippen molar-refractivity contribution in [1.29, 1.82) is 0 Å². The number of benzene rings is 2. The third-order valence-corrected chi connectivity index (χ3v) is 2.99. The molecule has 0 saturated heterocycles. The molecule has 0 unspecified atom stereocenters. The highest BCUT2D eigenvalue weighted by molar-refractivity contribution is 5.27. The van der Waals surface area contributed by atoms with Gasteiger partial charge in [-0.25, -0.2) is 0 Å². The van der Waals surface area contributed by atoms with Gasteiger partial charge in [0.15, 0.2) is 0 Å². The van der Waals surface area contributed by atoms with Crippen LogP contribution in [0.5, 0.6) is 5.75 Å². The van der Waals surface area contributed by atoms with Crippen LogP contribution in [-0.4, -0.2) is 5.54 Å². The number of hydrogen-bond acceptors (Lipinski definition) is 2. The van der Waals surface area contributed by atoms with Crippen molar-refractivity contribution in [3.63, 3.8) is 0 Å². The van der Waals surface area contributed by atoms with Crippen molar-refractivity contribution in [2.75, 3.05) is 0 Å². The molecule has 2 aromatic rings. The maximum atomic E-state index is 5.77. The summed E-state index contributed by atoms with van der Waals surface area (Å²) in [5.74, 6) is 0.911. The van der Waals surface area contributed by atoms with Crippen molar-refractivity contribution < 1.29 is 4.74 Å². The monoisotopic (exact) mass is 269 g/mol. The van der Waals surface area contributed by atoms with E-state index in [-0.39, 0.29) is 5.54 Å². The van der Waals surface area contributed by atoms with Crippen molar-refractivity contribution in [3.05, 3.63) is 65.7 Å². The van der Waals surface area contributed by atoms with Gasteiger partial charge in [-0.15, -0.1) is 0 Å². The topological polar surface area (TPSA) is 21.3 Å². The van der Waals surface area contributed by atoms with Gasteiger partial charge < -0.3 is 10.1 Å². The van der Waals surface area contributed by atoms with Gasteiger partial charge in [0, 0.05) is 12.1 Å². The summed E-state index contributed by atoms with van der Waals surface area (Å²) in [6, 6.07) is 18.5. The fraction of sp³-hybridized carbons (Fsp3) is 0.333. The average Bonchev–Trinajstić information content (AvgIpc) is 2.44. The molecule has 1 N–H and O–H groups in total. The van der Waals surface area contributed by atoms with Gasteiger partial charge in [0.25, 0.3) is 0 Å². The summed E-state index contributed by atoms with van der Waals surface area (Å²) in [5, 5.41) is 3.47. The lowest BCUT2D eigenvalue weighted by Crippen LogP contribution is -2.34. The van der Waals surface area contributed by atoms with Gasteiger partial charge in [0.2, 0.25) is 0 Å². The molecule has 0 atom stereocenters. The molecule has 2 heteroatoms. The maximum Gasteiger partial charge on any atom is 0.119 e. The van der Waals surface area contributed by atoms with Gasteiger partial charge in [-0.3, -0.25) is 0 Å². The Labute approximate surface area is 121 Å². The molecule has 0 aliphatic heterocycles. The molecule has 0 fully saturated rings. The highest BCUT2D eigenvalue weighted by atomic mass is 16.5. The van der Waals surface area contributed by atoms with E-state index < -0.39 is 0 Å². The molecule has 0 aromatic heterocycles. The van der Waals surface area contributed by atoms with E-state index in [4.69, 9.17) is 4.74 Å². The Bertz CT molecular complexity index is 511. The molecular weight excluding hydrogens is 246 g/mol. The first-order chi connectivity index (χ1) is 9.53. The van der Waals surface area contributed by atoms with Gasteiger partial charge >= 0.3 is 0 Å². The third kappa shape index (κ3) is 5.06. The number of nitrogens with one attached hydrogen (secondary N) is 1. The highest BCUT2D eigenvalue weighted by Crippen LogP contribution is 2.14. The molecule has 0 radical (unpaired) electrons. The minimum Gasteiger partial charge on any atom is -0.489 e. The van der Waals surface area contributed by atoms with Crippen molar-refractivity contribution >= 4 is 0 Å². The first-order valence-electron chi connectivity index (χ1n) is 7.04. The normalized spacial score (nSPS) is 11.3. The van der Waals surface area contributed by atoms with Crippen LogP contribution in [0, 0.1) is 0 Å². The van der Waals surface area contributed by atoms with Gasteiger partial charge in [0.05, 0.1) is 0 Å². The van der Waals surface area contributed by atoms with E-state index in [0.717, 1.165) is 12.3 Å². The van der Waals surface area contributed by atoms with E-state index in [0.29, 0.717) is 6.61 Å². The summed E-state index contributed by atoms with van der Waals surface area (Å²) in [5.41, 5.74) is 2.60. The van der Waals surface area contributed by atoms with E-state index in [1.54, 1.807) is 0 Å². The molecule has 20 heavy (non-hydrogen) atoms. The minimum atomic E-state index is 0.141. The molecule has 0 amide bonds. The van der Waals surface area contributed by atoms with Crippen LogP contribution in [0.4, 0.5) is 0 Å². The van der Waals surface area contributed by atoms with E-state index in [9.17, 15) is 0 Å². The fourth-order valence-electron chi connectivity index (χ4n) is 1.81. The minimum absolute atomic E-state index is 0.141. The second-order valence-electron chi connectivity index (χ2n) is 6.02. The summed E-state index contributed by atoms with van der Waals surface area (Å²) in [6.07, 6.45) is 0. The Morgan fingerprint density at radius 2 is 1.50 bits per heavy atom. The zero-order valence-electron chi connectivity index (χ0n) is 12.5. The number of rotatable bonds is 5. The van der Waals surface area contributed by atoms with Gasteiger partial charge in [-0.2, -0.15) is 0 Å². The number of hydrogen-bond donors (Lipinski definition) is 1. The first kappa shape index (κ1) is 14.6. The molecule has 0 spiro atoms. The van der Waals surface area contributed by atoms with Crippen LogP contribution in [-0.2, 0) is 13.2 Å². The van der Waals surface area contributed by atoms with Crippen molar-refractivity contribution in [1.82, 2.24) is 5.32 Å². The van der Waals surface area contributed by atoms with Crippen molar-refractivity contribution in [3.8, 4) is 5.75 Å². The van der Waals surface area contributed by atoms with E-state index >= 15 is 0 Å². The van der Waals surface area contributed by atoms with Crippen LogP contribution in [0.25, 0.3) is 0 Å². The van der Waals surface area contributed by atoms with E-state index in [1.165, 1.54) is 11.1 Å². The zero-order chi connectivity index (χ0) is 14.4. The van der Waals surface area contributed by atoms with E-state index in [1.807, 2.05) is 30.3 Å². The Kier molecular flexibility index (Phi) is 4.80. The first-order valence-corrected chi connectivity index (χ1v) is 7.04. The third-order valence-electron chi connectivity index (χ3n) is 2.99. The van der Waals surface area contributed by atoms with Gasteiger partial charge in [-0.05, 0) is 44.0 Å². The van der Waals surface area contributed by atoms with Crippen LogP contribution in [0.2, 0.25) is 0 Å². The Hall–Kier alpha value is -1.80. The summed E-state index contributed by atoms with van der Waals surface area (Å²) >= 11 is 0. The van der Waals surface area contributed by atoms with Gasteiger partial charge in [0.1, 0.15) is 12.4 Å². The maximum absolute atomic E-state index is 5.77. The molecular formula is C18H23NO. The largest absolute Gasteiger partial charge is 0.489 e. The highest BCUT2D eigenvalue weighted by Gasteiger charge is 2.08. The Morgan fingerprint density at radius 1 is 0.850 bits per heavy atom. The fourth-order valence-corrected chi connectivity index (χ4v) is 1.81. The SMILES string of the molecule is CC(C)(C)NCc1ccc(OCc2ccccc2)cc1. The van der Waals surface area contributed by atoms with E-state index in [2.05, 4.69) is 50.4 Å². The summed E-state index contributed by atoms with van der Waals surface area (Å²) in [7, 11) is 0. The molecule has 2 rings (SSSR count). The van der Waals surface area contributed by atoms with Crippen LogP contribution in [0.1, 0.15) is 31.9 Å². The Morgan fingerprint density at radius 3 is 2.10 bits per heavy atom. The second-order valence-corrected chi connectivity index (χ2v) is 6.02. The van der Waals surface area contributed by atoms with Gasteiger partial charge in [-0.1, -0.05) is 42.5 Å². The summed E-state index contributed by atoms with van der Waals surface area (Å²) < 4.78 is 5.77. The van der Waals surface area contributed by atoms with Crippen LogP contribution in [0.3, 0.4) is 0 Å². The quantitative estimate of drug-likeness (QED) is 0.880. The van der Waals surface area contributed by atoms with Crippen molar-refractivity contribution in [2.24, 2.45) is 0 Å². The van der Waals surface area contributed by atoms with Crippen LogP contribution < -0.4 is 10.1 Å². The average molecular weight is 269 g/mol. The molecule has 2 nitrogen and oxygen atoms in total. The predicted molar refractivity (Wildman–Crippen MR) is 83.8 cm³/mol.